The van der Waals surface area contributed by atoms with Crippen molar-refractivity contribution in [1.82, 2.24) is 4.90 Å². The maximum Gasteiger partial charge on any atom is 0.411 e. The van der Waals surface area contributed by atoms with Gasteiger partial charge in [-0.3, -0.25) is 4.90 Å². The van der Waals surface area contributed by atoms with Gasteiger partial charge < -0.3 is 9.47 Å². The molecule has 2 atom stereocenters. The highest BCUT2D eigenvalue weighted by Crippen LogP contribution is 2.35. The van der Waals surface area contributed by atoms with Gasteiger partial charge in [0, 0.05) is 4.88 Å². The number of thiophene rings is 1. The van der Waals surface area contributed by atoms with Gasteiger partial charge in [-0.25, -0.2) is 4.79 Å². The topological polar surface area (TPSA) is 38.8 Å². The van der Waals surface area contributed by atoms with Crippen LogP contribution in [0.5, 0.6) is 0 Å². The number of hydrogen-bond donors (Lipinski definition) is 0. The van der Waals surface area contributed by atoms with Crippen LogP contribution < -0.4 is 0 Å². The van der Waals surface area contributed by atoms with Crippen molar-refractivity contribution in [3.8, 4) is 0 Å². The molecule has 0 saturated carbocycles. The molecule has 0 radical (unpaired) electrons. The molecule has 0 aliphatic carbocycles. The third-order valence-electron chi connectivity index (χ3n) is 3.64. The van der Waals surface area contributed by atoms with E-state index in [0.29, 0.717) is 13.2 Å². The summed E-state index contributed by atoms with van der Waals surface area (Å²) in [6.07, 6.45) is 2.75. The molecule has 2 aliphatic heterocycles. The highest BCUT2D eigenvalue weighted by atomic mass is 32.1. The Morgan fingerprint density at radius 1 is 1.43 bits per heavy atom. The molecule has 2 unspecified atom stereocenters. The third-order valence-corrected chi connectivity index (χ3v) is 4.59. The van der Waals surface area contributed by atoms with Crippen molar-refractivity contribution >= 4 is 23.0 Å². The van der Waals surface area contributed by atoms with E-state index in [4.69, 9.17) is 9.47 Å². The summed E-state index contributed by atoms with van der Waals surface area (Å²) >= 11 is 1.74. The Hall–Kier alpha value is -1.33. The molecule has 0 N–H and O–H groups in total. The van der Waals surface area contributed by atoms with Crippen molar-refractivity contribution < 1.29 is 14.3 Å². The summed E-state index contributed by atoms with van der Waals surface area (Å²) in [6.45, 7) is 6.82. The molecule has 4 nitrogen and oxygen atoms in total. The first-order chi connectivity index (χ1) is 9.94. The van der Waals surface area contributed by atoms with Gasteiger partial charge in [0.25, 0.3) is 0 Å². The molecule has 1 aromatic rings. The normalized spacial score (nSPS) is 25.5. The zero-order valence-corrected chi connectivity index (χ0v) is 13.5. The first kappa shape index (κ1) is 14.6. The molecule has 1 amide bonds. The third kappa shape index (κ3) is 3.14. The minimum Gasteiger partial charge on any atom is -0.444 e. The summed E-state index contributed by atoms with van der Waals surface area (Å²) in [5.74, 6) is 0. The van der Waals surface area contributed by atoms with Crippen LogP contribution in [-0.4, -0.2) is 41.9 Å². The standard InChI is InChI=1S/C16H21NO3S/c1-16(2,3)20-15(18)17-12-7-11(14-5-4-6-21-14)8-13(17)10-19-9-12/h4-7,12-13H,8-10H2,1-3H3. The lowest BCUT2D eigenvalue weighted by atomic mass is 9.93. The number of hydrogen-bond acceptors (Lipinski definition) is 4. The van der Waals surface area contributed by atoms with E-state index in [2.05, 4.69) is 23.6 Å². The Bertz CT molecular complexity index is 544. The lowest BCUT2D eigenvalue weighted by Crippen LogP contribution is -2.57. The molecule has 1 aromatic heterocycles. The average molecular weight is 307 g/mol. The van der Waals surface area contributed by atoms with E-state index in [1.54, 1.807) is 11.3 Å². The van der Waals surface area contributed by atoms with E-state index in [1.165, 1.54) is 10.5 Å². The quantitative estimate of drug-likeness (QED) is 0.796. The fourth-order valence-electron chi connectivity index (χ4n) is 2.84. The van der Waals surface area contributed by atoms with Crippen molar-refractivity contribution in [3.63, 3.8) is 0 Å². The van der Waals surface area contributed by atoms with Crippen LogP contribution in [0, 0.1) is 0 Å². The van der Waals surface area contributed by atoms with Crippen molar-refractivity contribution in [3.05, 3.63) is 28.5 Å². The zero-order chi connectivity index (χ0) is 15.0. The number of fused-ring (bicyclic) bond motifs is 2. The van der Waals surface area contributed by atoms with Crippen LogP contribution in [0.1, 0.15) is 32.1 Å². The van der Waals surface area contributed by atoms with Gasteiger partial charge in [-0.1, -0.05) is 12.1 Å². The SMILES string of the molecule is CC(C)(C)OC(=O)N1C2C=C(c3cccs3)CC1COC2. The van der Waals surface area contributed by atoms with Crippen LogP contribution in [0.2, 0.25) is 0 Å². The molecule has 0 aromatic carbocycles. The number of carbonyl (C=O) groups is 1. The van der Waals surface area contributed by atoms with Crippen molar-refractivity contribution in [2.24, 2.45) is 0 Å². The molecule has 114 valence electrons. The van der Waals surface area contributed by atoms with Gasteiger partial charge in [0.1, 0.15) is 5.60 Å². The van der Waals surface area contributed by atoms with Crippen LogP contribution >= 0.6 is 11.3 Å². The first-order valence-corrected chi connectivity index (χ1v) is 8.15. The molecule has 1 fully saturated rings. The number of nitrogens with zero attached hydrogens (tertiary/aromatic N) is 1. The lowest BCUT2D eigenvalue weighted by molar-refractivity contribution is -0.0510. The van der Waals surface area contributed by atoms with E-state index in [-0.39, 0.29) is 18.2 Å². The molecule has 1 saturated heterocycles. The number of carbonyl (C=O) groups excluding carboxylic acids is 1. The molecule has 3 rings (SSSR count). The largest absolute Gasteiger partial charge is 0.444 e. The Morgan fingerprint density at radius 2 is 2.24 bits per heavy atom. The molecular formula is C16H21NO3S. The number of ether oxygens (including phenoxy) is 2. The van der Waals surface area contributed by atoms with Gasteiger partial charge in [0.2, 0.25) is 0 Å². The first-order valence-electron chi connectivity index (χ1n) is 7.28. The smallest absolute Gasteiger partial charge is 0.411 e. The highest BCUT2D eigenvalue weighted by molar-refractivity contribution is 7.11. The van der Waals surface area contributed by atoms with E-state index in [1.807, 2.05) is 25.7 Å². The Balaban J connectivity index is 1.83. The summed E-state index contributed by atoms with van der Waals surface area (Å²) < 4.78 is 11.2. The molecular weight excluding hydrogens is 286 g/mol. The zero-order valence-electron chi connectivity index (χ0n) is 12.7. The van der Waals surface area contributed by atoms with Gasteiger partial charge in [0.15, 0.2) is 0 Å². The number of morpholine rings is 1. The summed E-state index contributed by atoms with van der Waals surface area (Å²) in [6, 6.07) is 4.24. The second-order valence-corrected chi connectivity index (χ2v) is 7.47. The van der Waals surface area contributed by atoms with Crippen LogP contribution in [0.15, 0.2) is 23.6 Å². The lowest BCUT2D eigenvalue weighted by Gasteiger charge is -2.44. The van der Waals surface area contributed by atoms with Crippen molar-refractivity contribution in [1.29, 1.82) is 0 Å². The van der Waals surface area contributed by atoms with E-state index < -0.39 is 5.60 Å². The minimum atomic E-state index is -0.468. The second kappa shape index (κ2) is 5.46. The molecule has 21 heavy (non-hydrogen) atoms. The Kier molecular flexibility index (Phi) is 3.80. The van der Waals surface area contributed by atoms with Crippen LogP contribution in [0.25, 0.3) is 5.57 Å². The minimum absolute atomic E-state index is 0.0237. The van der Waals surface area contributed by atoms with Crippen molar-refractivity contribution in [2.45, 2.75) is 44.9 Å². The van der Waals surface area contributed by atoms with E-state index in [0.717, 1.165) is 6.42 Å². The summed E-state index contributed by atoms with van der Waals surface area (Å²) in [7, 11) is 0. The molecule has 3 heterocycles. The van der Waals surface area contributed by atoms with Gasteiger partial charge in [-0.2, -0.15) is 0 Å². The van der Waals surface area contributed by atoms with E-state index in [9.17, 15) is 4.79 Å². The highest BCUT2D eigenvalue weighted by Gasteiger charge is 2.40. The predicted octanol–water partition coefficient (Wildman–Crippen LogP) is 3.54. The fourth-order valence-corrected chi connectivity index (χ4v) is 3.60. The van der Waals surface area contributed by atoms with Gasteiger partial charge >= 0.3 is 6.09 Å². The molecule has 2 aliphatic rings. The van der Waals surface area contributed by atoms with Gasteiger partial charge in [-0.15, -0.1) is 11.3 Å². The van der Waals surface area contributed by atoms with Gasteiger partial charge in [0.05, 0.1) is 25.3 Å². The Morgan fingerprint density at radius 3 is 2.86 bits per heavy atom. The number of rotatable bonds is 1. The predicted molar refractivity (Wildman–Crippen MR) is 83.4 cm³/mol. The van der Waals surface area contributed by atoms with Crippen LogP contribution in [-0.2, 0) is 9.47 Å². The van der Waals surface area contributed by atoms with Crippen LogP contribution in [0.3, 0.4) is 0 Å². The van der Waals surface area contributed by atoms with E-state index >= 15 is 0 Å². The maximum atomic E-state index is 12.4. The molecule has 2 bridgehead atoms. The maximum absolute atomic E-state index is 12.4. The molecule has 0 spiro atoms. The molecule has 5 heteroatoms. The second-order valence-electron chi connectivity index (χ2n) is 6.52. The summed E-state index contributed by atoms with van der Waals surface area (Å²) in [5.41, 5.74) is 0.854. The fraction of sp³-hybridized carbons (Fsp3) is 0.562. The Labute approximate surface area is 129 Å². The number of amides is 1. The van der Waals surface area contributed by atoms with Gasteiger partial charge in [-0.05, 0) is 44.2 Å². The summed E-state index contributed by atoms with van der Waals surface area (Å²) in [5, 5.41) is 2.09. The average Bonchev–Trinajstić information content (AvgIpc) is 2.88. The monoisotopic (exact) mass is 307 g/mol. The van der Waals surface area contributed by atoms with Crippen LogP contribution in [0.4, 0.5) is 4.79 Å². The summed E-state index contributed by atoms with van der Waals surface area (Å²) in [4.78, 5) is 15.6. The van der Waals surface area contributed by atoms with Crippen molar-refractivity contribution in [2.75, 3.05) is 13.2 Å².